The van der Waals surface area contributed by atoms with Crippen molar-refractivity contribution in [3.63, 3.8) is 0 Å². The second-order valence-corrected chi connectivity index (χ2v) is 24.5. The minimum atomic E-state index is -1.78. The molecule has 2 aromatic rings. The van der Waals surface area contributed by atoms with Crippen LogP contribution in [0.4, 0.5) is 0 Å². The lowest BCUT2D eigenvalue weighted by Crippen LogP contribution is -2.42. The molecule has 1 fully saturated rings. The summed E-state index contributed by atoms with van der Waals surface area (Å²) >= 11 is 0. The summed E-state index contributed by atoms with van der Waals surface area (Å²) in [6, 6.07) is 23.5. The first-order chi connectivity index (χ1) is 23.8. The van der Waals surface area contributed by atoms with Gasteiger partial charge in [-0.15, -0.1) is 0 Å². The SMILES string of the molecule is CCCCCC(CC[C@H]1C(O[Si](CC)(CC)CC)C[C@@H]2Cc3c(cccc3OCC(=O)OCc3ccccc3)C[C@@H]21)O[Si](CC)(CC)CC. The van der Waals surface area contributed by atoms with Crippen LogP contribution in [0.3, 0.4) is 0 Å². The van der Waals surface area contributed by atoms with E-state index >= 15 is 0 Å². The normalized spacial score (nSPS) is 21.2. The van der Waals surface area contributed by atoms with E-state index in [-0.39, 0.29) is 19.2 Å². The molecule has 2 aliphatic carbocycles. The Labute approximate surface area is 301 Å². The lowest BCUT2D eigenvalue weighted by atomic mass is 9.73. The first-order valence-corrected chi connectivity index (χ1v) is 25.1. The zero-order chi connectivity index (χ0) is 35.3. The lowest BCUT2D eigenvalue weighted by Gasteiger charge is -2.38. The van der Waals surface area contributed by atoms with Crippen LogP contribution in [0.15, 0.2) is 48.5 Å². The molecular formula is C42H68O5Si2. The van der Waals surface area contributed by atoms with E-state index in [1.54, 1.807) is 0 Å². The van der Waals surface area contributed by atoms with Gasteiger partial charge >= 0.3 is 5.97 Å². The number of carbonyl (C=O) groups is 1. The van der Waals surface area contributed by atoms with E-state index in [1.165, 1.54) is 79.5 Å². The molecule has 4 rings (SSSR count). The number of esters is 1. The number of carbonyl (C=O) groups excluding carboxylic acids is 1. The molecule has 0 spiro atoms. The fourth-order valence-electron chi connectivity index (χ4n) is 8.90. The van der Waals surface area contributed by atoms with Crippen LogP contribution >= 0.6 is 0 Å². The molecule has 0 aliphatic heterocycles. The predicted octanol–water partition coefficient (Wildman–Crippen LogP) is 11.3. The van der Waals surface area contributed by atoms with Gasteiger partial charge in [-0.1, -0.05) is 110 Å². The molecule has 2 unspecified atom stereocenters. The molecule has 0 amide bonds. The van der Waals surface area contributed by atoms with Gasteiger partial charge in [0.2, 0.25) is 0 Å². The second kappa shape index (κ2) is 19.6. The molecule has 0 N–H and O–H groups in total. The molecule has 0 bridgehead atoms. The Kier molecular flexibility index (Phi) is 15.9. The van der Waals surface area contributed by atoms with Gasteiger partial charge in [0.05, 0.1) is 0 Å². The van der Waals surface area contributed by atoms with E-state index < -0.39 is 16.6 Å². The van der Waals surface area contributed by atoms with Crippen molar-refractivity contribution in [2.75, 3.05) is 6.61 Å². The highest BCUT2D eigenvalue weighted by atomic mass is 28.4. The Bertz CT molecular complexity index is 1240. The Morgan fingerprint density at radius 2 is 1.49 bits per heavy atom. The van der Waals surface area contributed by atoms with Gasteiger partial charge < -0.3 is 18.3 Å². The predicted molar refractivity (Wildman–Crippen MR) is 208 cm³/mol. The standard InChI is InChI=1S/C42H68O5Si2/c1-8-15-17-24-36(46-48(9-2,10-3)11-4)26-27-37-38-28-34-23-20-25-40(44-32-42(43)45-31-33-21-18-16-19-22-33)39(34)29-35(38)30-41(37)47-49(12-5,13-6)14-7/h16,18-23,25,35-38,41H,8-15,17,24,26-32H2,1-7H3/t35-,36?,37+,38-,41?/m0/s1. The molecule has 5 atom stereocenters. The Morgan fingerprint density at radius 1 is 0.796 bits per heavy atom. The largest absolute Gasteiger partial charge is 0.482 e. The van der Waals surface area contributed by atoms with E-state index in [0.717, 1.165) is 37.0 Å². The molecule has 0 radical (unpaired) electrons. The average molecular weight is 709 g/mol. The summed E-state index contributed by atoms with van der Waals surface area (Å²) in [5.41, 5.74) is 3.65. The molecule has 2 aliphatic rings. The number of ether oxygens (including phenoxy) is 2. The van der Waals surface area contributed by atoms with Crippen LogP contribution in [0.5, 0.6) is 5.75 Å². The van der Waals surface area contributed by atoms with Gasteiger partial charge in [0, 0.05) is 12.2 Å². The minimum Gasteiger partial charge on any atom is -0.482 e. The molecular weight excluding hydrogens is 641 g/mol. The third-order valence-corrected chi connectivity index (χ3v) is 21.9. The van der Waals surface area contributed by atoms with Crippen molar-refractivity contribution in [3.8, 4) is 5.75 Å². The van der Waals surface area contributed by atoms with E-state index in [4.69, 9.17) is 18.3 Å². The van der Waals surface area contributed by atoms with Crippen molar-refractivity contribution >= 4 is 22.6 Å². The zero-order valence-corrected chi connectivity index (χ0v) is 34.1. The van der Waals surface area contributed by atoms with Gasteiger partial charge in [-0.25, -0.2) is 4.79 Å². The molecule has 1 saturated carbocycles. The summed E-state index contributed by atoms with van der Waals surface area (Å²) in [4.78, 5) is 12.6. The van der Waals surface area contributed by atoms with Gasteiger partial charge in [0.25, 0.3) is 0 Å². The van der Waals surface area contributed by atoms with E-state index in [1.807, 2.05) is 36.4 Å². The summed E-state index contributed by atoms with van der Waals surface area (Å²) in [5.74, 6) is 2.26. The third-order valence-electron chi connectivity index (χ3n) is 12.5. The third kappa shape index (κ3) is 10.6. The van der Waals surface area contributed by atoms with Gasteiger partial charge in [0.15, 0.2) is 23.2 Å². The van der Waals surface area contributed by atoms with E-state index in [0.29, 0.717) is 30.0 Å². The molecule has 5 nitrogen and oxygen atoms in total. The van der Waals surface area contributed by atoms with Crippen LogP contribution in [-0.4, -0.2) is 41.4 Å². The van der Waals surface area contributed by atoms with Gasteiger partial charge in [-0.05, 0) is 115 Å². The minimum absolute atomic E-state index is 0.0686. The van der Waals surface area contributed by atoms with Crippen molar-refractivity contribution < 1.29 is 23.1 Å². The Balaban J connectivity index is 1.51. The highest BCUT2D eigenvalue weighted by Gasteiger charge is 2.48. The van der Waals surface area contributed by atoms with Crippen LogP contribution in [-0.2, 0) is 37.8 Å². The topological polar surface area (TPSA) is 54.0 Å². The van der Waals surface area contributed by atoms with E-state index in [2.05, 4.69) is 60.6 Å². The maximum Gasteiger partial charge on any atom is 0.344 e. The number of unbranched alkanes of at least 4 members (excludes halogenated alkanes) is 2. The molecule has 274 valence electrons. The summed E-state index contributed by atoms with van der Waals surface area (Å²) < 4.78 is 26.4. The number of fused-ring (bicyclic) bond motifs is 2. The summed E-state index contributed by atoms with van der Waals surface area (Å²) in [6.45, 7) is 16.7. The quantitative estimate of drug-likeness (QED) is 0.0692. The van der Waals surface area contributed by atoms with E-state index in [9.17, 15) is 4.79 Å². The van der Waals surface area contributed by atoms with Crippen LogP contribution in [0.25, 0.3) is 0 Å². The molecule has 0 heterocycles. The smallest absolute Gasteiger partial charge is 0.344 e. The van der Waals surface area contributed by atoms with Gasteiger partial charge in [-0.2, -0.15) is 0 Å². The summed E-state index contributed by atoms with van der Waals surface area (Å²) in [6.07, 6.45) is 11.3. The number of hydrogen-bond acceptors (Lipinski definition) is 5. The molecule has 0 saturated heterocycles. The first-order valence-electron chi connectivity index (χ1n) is 20.1. The van der Waals surface area contributed by atoms with Crippen molar-refractivity contribution in [1.29, 1.82) is 0 Å². The zero-order valence-electron chi connectivity index (χ0n) is 32.1. The first kappa shape index (κ1) is 39.8. The number of benzene rings is 2. The molecule has 49 heavy (non-hydrogen) atoms. The van der Waals surface area contributed by atoms with Crippen molar-refractivity contribution in [2.24, 2.45) is 17.8 Å². The lowest BCUT2D eigenvalue weighted by molar-refractivity contribution is -0.147. The highest BCUT2D eigenvalue weighted by Crippen LogP contribution is 2.51. The molecule has 7 heteroatoms. The van der Waals surface area contributed by atoms with Gasteiger partial charge in [-0.3, -0.25) is 0 Å². The van der Waals surface area contributed by atoms with Crippen molar-refractivity contribution in [2.45, 2.75) is 161 Å². The number of hydrogen-bond donors (Lipinski definition) is 0. The van der Waals surface area contributed by atoms with Crippen LogP contribution in [0.1, 0.15) is 110 Å². The fraction of sp³-hybridized carbons (Fsp3) is 0.690. The molecule has 2 aromatic carbocycles. The highest BCUT2D eigenvalue weighted by molar-refractivity contribution is 6.74. The Morgan fingerprint density at radius 3 is 2.14 bits per heavy atom. The number of rotatable bonds is 22. The van der Waals surface area contributed by atoms with Crippen LogP contribution in [0, 0.1) is 17.8 Å². The Hall–Kier alpha value is -1.94. The fourth-order valence-corrected chi connectivity index (χ4v) is 14.8. The van der Waals surface area contributed by atoms with Gasteiger partial charge in [0.1, 0.15) is 12.4 Å². The summed E-state index contributed by atoms with van der Waals surface area (Å²) in [7, 11) is -3.46. The second-order valence-electron chi connectivity index (χ2n) is 15.0. The van der Waals surface area contributed by atoms with Crippen molar-refractivity contribution in [3.05, 3.63) is 65.2 Å². The monoisotopic (exact) mass is 708 g/mol. The maximum atomic E-state index is 12.6. The average Bonchev–Trinajstić information content (AvgIpc) is 3.47. The van der Waals surface area contributed by atoms with Crippen molar-refractivity contribution in [1.82, 2.24) is 0 Å². The molecule has 0 aromatic heterocycles. The summed E-state index contributed by atoms with van der Waals surface area (Å²) in [5, 5.41) is 0. The maximum absolute atomic E-state index is 12.6. The van der Waals surface area contributed by atoms with Crippen LogP contribution in [0.2, 0.25) is 36.3 Å². The van der Waals surface area contributed by atoms with Crippen LogP contribution < -0.4 is 4.74 Å².